The van der Waals surface area contributed by atoms with Crippen LogP contribution in [0.2, 0.25) is 0 Å². The number of unbranched alkanes of at least 4 members (excludes halogenated alkanes) is 1. The molecule has 0 spiro atoms. The van der Waals surface area contributed by atoms with Crippen molar-refractivity contribution >= 4 is 21.8 Å². The Hall–Kier alpha value is -1.89. The molecule has 0 radical (unpaired) electrons. The topological polar surface area (TPSA) is 72.5 Å². The van der Waals surface area contributed by atoms with Crippen LogP contribution in [0, 0.1) is 0 Å². The highest BCUT2D eigenvalue weighted by Crippen LogP contribution is 2.28. The molecule has 0 unspecified atom stereocenters. The second kappa shape index (κ2) is 7.04. The summed E-state index contributed by atoms with van der Waals surface area (Å²) >= 11 is 0. The van der Waals surface area contributed by atoms with Crippen LogP contribution in [0.4, 0.5) is 9.57 Å². The van der Waals surface area contributed by atoms with Gasteiger partial charge in [-0.2, -0.15) is 8.42 Å². The van der Waals surface area contributed by atoms with Crippen molar-refractivity contribution in [3.63, 3.8) is 0 Å². The zero-order valence-corrected chi connectivity index (χ0v) is 11.9. The lowest BCUT2D eigenvalue weighted by Crippen LogP contribution is -2.11. The minimum Gasteiger partial charge on any atom is -0.495 e. The number of carbonyl (C=O) groups excluding carboxylic acids is 1. The summed E-state index contributed by atoms with van der Waals surface area (Å²) in [6, 6.07) is 3.62. The molecule has 0 aliphatic rings. The molecule has 0 heterocycles. The smallest absolute Gasteiger partial charge is 0.335 e. The fourth-order valence-corrected chi connectivity index (χ4v) is 2.19. The summed E-state index contributed by atoms with van der Waals surface area (Å²) < 4.78 is 39.5. The molecule has 0 aromatic heterocycles. The van der Waals surface area contributed by atoms with E-state index < -0.39 is 15.1 Å². The van der Waals surface area contributed by atoms with Crippen molar-refractivity contribution in [2.45, 2.75) is 24.2 Å². The third kappa shape index (κ3) is 4.65. The summed E-state index contributed by atoms with van der Waals surface area (Å²) in [6.07, 6.45) is 3.44. The molecule has 0 atom stereocenters. The van der Waals surface area contributed by atoms with Gasteiger partial charge < -0.3 is 10.1 Å². The second-order valence-electron chi connectivity index (χ2n) is 4.03. The molecule has 7 heteroatoms. The number of hydrogen-bond donors (Lipinski definition) is 1. The number of methoxy groups -OCH3 is 1. The molecule has 1 amide bonds. The van der Waals surface area contributed by atoms with Crippen LogP contribution >= 0.6 is 0 Å². The lowest BCUT2D eigenvalue weighted by Gasteiger charge is -2.09. The van der Waals surface area contributed by atoms with E-state index in [1.54, 1.807) is 6.08 Å². The highest BCUT2D eigenvalue weighted by Gasteiger charge is 2.18. The molecule has 0 fully saturated rings. The van der Waals surface area contributed by atoms with E-state index in [0.29, 0.717) is 18.5 Å². The third-order valence-corrected chi connectivity index (χ3v) is 3.38. The Bertz CT molecular complexity index is 598. The van der Waals surface area contributed by atoms with Crippen LogP contribution in [-0.2, 0) is 15.0 Å². The van der Waals surface area contributed by atoms with E-state index >= 15 is 0 Å². The van der Waals surface area contributed by atoms with Gasteiger partial charge in [0.25, 0.3) is 0 Å². The summed E-state index contributed by atoms with van der Waals surface area (Å²) in [7, 11) is -3.64. The average molecular weight is 301 g/mol. The molecule has 1 N–H and O–H groups in total. The van der Waals surface area contributed by atoms with E-state index in [0.717, 1.165) is 12.5 Å². The largest absolute Gasteiger partial charge is 0.495 e. The number of ether oxygens (including phenoxy) is 1. The maximum atomic E-state index is 13.0. The zero-order chi connectivity index (χ0) is 15.2. The SMILES string of the molecule is C=CCCCC(=O)Nc1ccc(S(=O)(=O)F)c(OC)c1. The van der Waals surface area contributed by atoms with E-state index in [1.807, 2.05) is 0 Å². The monoisotopic (exact) mass is 301 g/mol. The Morgan fingerprint density at radius 3 is 2.75 bits per heavy atom. The molecule has 0 aliphatic carbocycles. The van der Waals surface area contributed by atoms with E-state index in [1.165, 1.54) is 19.2 Å². The number of anilines is 1. The Labute approximate surface area is 117 Å². The summed E-state index contributed by atoms with van der Waals surface area (Å²) in [5.74, 6) is -0.374. The molecular weight excluding hydrogens is 285 g/mol. The molecule has 0 saturated carbocycles. The highest BCUT2D eigenvalue weighted by molar-refractivity contribution is 7.86. The van der Waals surface area contributed by atoms with E-state index in [-0.39, 0.29) is 11.7 Å². The van der Waals surface area contributed by atoms with E-state index in [2.05, 4.69) is 11.9 Å². The number of rotatable bonds is 7. The number of carbonyl (C=O) groups is 1. The molecule has 20 heavy (non-hydrogen) atoms. The van der Waals surface area contributed by atoms with Crippen molar-refractivity contribution in [2.75, 3.05) is 12.4 Å². The first-order valence-corrected chi connectivity index (χ1v) is 7.30. The molecule has 1 aromatic rings. The predicted octanol–water partition coefficient (Wildman–Crippen LogP) is 2.65. The maximum Gasteiger partial charge on any atom is 0.335 e. The first-order valence-electron chi connectivity index (χ1n) is 5.92. The van der Waals surface area contributed by atoms with Crippen molar-refractivity contribution in [2.24, 2.45) is 0 Å². The summed E-state index contributed by atoms with van der Waals surface area (Å²) in [4.78, 5) is 11.0. The zero-order valence-electron chi connectivity index (χ0n) is 11.1. The molecule has 5 nitrogen and oxygen atoms in total. The van der Waals surface area contributed by atoms with Gasteiger partial charge in [-0.05, 0) is 25.0 Å². The van der Waals surface area contributed by atoms with Gasteiger partial charge >= 0.3 is 10.2 Å². The number of nitrogens with one attached hydrogen (secondary N) is 1. The van der Waals surface area contributed by atoms with Crippen LogP contribution in [0.15, 0.2) is 35.7 Å². The van der Waals surface area contributed by atoms with Gasteiger partial charge in [-0.3, -0.25) is 4.79 Å². The van der Waals surface area contributed by atoms with Gasteiger partial charge in [0.2, 0.25) is 5.91 Å². The lowest BCUT2D eigenvalue weighted by molar-refractivity contribution is -0.116. The Morgan fingerprint density at radius 2 is 2.20 bits per heavy atom. The molecular formula is C13H16FNO4S. The Kier molecular flexibility index (Phi) is 5.69. The summed E-state index contributed by atoms with van der Waals surface area (Å²) in [6.45, 7) is 3.56. The van der Waals surface area contributed by atoms with Crippen molar-refractivity contribution in [3.8, 4) is 5.75 Å². The molecule has 0 aliphatic heterocycles. The van der Waals surface area contributed by atoms with E-state index in [9.17, 15) is 17.1 Å². The van der Waals surface area contributed by atoms with Gasteiger partial charge in [0.05, 0.1) is 7.11 Å². The first kappa shape index (κ1) is 16.2. The van der Waals surface area contributed by atoms with Crippen LogP contribution in [0.25, 0.3) is 0 Å². The van der Waals surface area contributed by atoms with Crippen molar-refractivity contribution in [1.82, 2.24) is 0 Å². The van der Waals surface area contributed by atoms with Crippen molar-refractivity contribution < 1.29 is 21.8 Å². The fraction of sp³-hybridized carbons (Fsp3) is 0.308. The van der Waals surface area contributed by atoms with Crippen LogP contribution in [0.1, 0.15) is 19.3 Å². The molecule has 1 rings (SSSR count). The van der Waals surface area contributed by atoms with Gasteiger partial charge in [0, 0.05) is 18.2 Å². The number of hydrogen-bond acceptors (Lipinski definition) is 4. The van der Waals surface area contributed by atoms with E-state index in [4.69, 9.17) is 4.74 Å². The quantitative estimate of drug-likeness (QED) is 0.477. The third-order valence-electron chi connectivity index (χ3n) is 2.52. The second-order valence-corrected chi connectivity index (χ2v) is 5.35. The molecule has 0 saturated heterocycles. The first-order chi connectivity index (χ1) is 9.38. The van der Waals surface area contributed by atoms with Crippen LogP contribution in [0.3, 0.4) is 0 Å². The minimum atomic E-state index is -4.86. The Morgan fingerprint density at radius 1 is 1.50 bits per heavy atom. The maximum absolute atomic E-state index is 13.0. The molecule has 1 aromatic carbocycles. The predicted molar refractivity (Wildman–Crippen MR) is 74.0 cm³/mol. The number of allylic oxidation sites excluding steroid dienone is 1. The number of amides is 1. The van der Waals surface area contributed by atoms with Crippen molar-refractivity contribution in [3.05, 3.63) is 30.9 Å². The number of halogens is 1. The van der Waals surface area contributed by atoms with Crippen molar-refractivity contribution in [1.29, 1.82) is 0 Å². The van der Waals surface area contributed by atoms with Crippen LogP contribution < -0.4 is 10.1 Å². The van der Waals surface area contributed by atoms with Gasteiger partial charge in [0.15, 0.2) is 0 Å². The number of benzene rings is 1. The van der Waals surface area contributed by atoms with Crippen LogP contribution in [-0.4, -0.2) is 21.4 Å². The van der Waals surface area contributed by atoms with Gasteiger partial charge in [-0.15, -0.1) is 10.5 Å². The highest BCUT2D eigenvalue weighted by atomic mass is 32.3. The lowest BCUT2D eigenvalue weighted by atomic mass is 10.2. The van der Waals surface area contributed by atoms with Gasteiger partial charge in [0.1, 0.15) is 10.6 Å². The fourth-order valence-electron chi connectivity index (χ4n) is 1.58. The standard InChI is InChI=1S/C13H16FNO4S/c1-3-4-5-6-13(16)15-10-7-8-12(20(14,17)18)11(9-10)19-2/h3,7-9H,1,4-6H2,2H3,(H,15,16). The van der Waals surface area contributed by atoms with Gasteiger partial charge in [-0.1, -0.05) is 6.08 Å². The van der Waals surface area contributed by atoms with Crippen LogP contribution in [0.5, 0.6) is 5.75 Å². The Balaban J connectivity index is 2.83. The molecule has 110 valence electrons. The average Bonchev–Trinajstić information content (AvgIpc) is 2.37. The molecule has 0 bridgehead atoms. The minimum absolute atomic E-state index is 0.156. The normalized spacial score (nSPS) is 10.9. The summed E-state index contributed by atoms with van der Waals surface area (Å²) in [5, 5.41) is 2.58. The summed E-state index contributed by atoms with van der Waals surface area (Å²) in [5.41, 5.74) is 0.345. The van der Waals surface area contributed by atoms with Gasteiger partial charge in [-0.25, -0.2) is 0 Å².